The van der Waals surface area contributed by atoms with Gasteiger partial charge in [-0.2, -0.15) is 9.97 Å². The summed E-state index contributed by atoms with van der Waals surface area (Å²) in [4.78, 5) is 42.0. The van der Waals surface area contributed by atoms with Crippen molar-refractivity contribution in [3.05, 3.63) is 47.5 Å². The lowest BCUT2D eigenvalue weighted by molar-refractivity contribution is -0.127. The Kier molecular flexibility index (Phi) is 6.30. The number of hydrogen-bond donors (Lipinski definition) is 2. The van der Waals surface area contributed by atoms with Gasteiger partial charge in [0.2, 0.25) is 23.6 Å². The molecule has 35 heavy (non-hydrogen) atoms. The second-order valence-electron chi connectivity index (χ2n) is 8.89. The predicted octanol–water partition coefficient (Wildman–Crippen LogP) is 2.54. The highest BCUT2D eigenvalue weighted by atomic mass is 16.5. The van der Waals surface area contributed by atoms with Crippen molar-refractivity contribution in [3.63, 3.8) is 0 Å². The Hall–Kier alpha value is -4.02. The molecule has 0 aliphatic carbocycles. The van der Waals surface area contributed by atoms with Crippen LogP contribution in [-0.4, -0.2) is 67.4 Å². The van der Waals surface area contributed by atoms with E-state index in [0.717, 1.165) is 24.1 Å². The molecule has 5 rings (SSSR count). The molecule has 0 radical (unpaired) electrons. The van der Waals surface area contributed by atoms with Crippen LogP contribution in [0, 0.1) is 0 Å². The van der Waals surface area contributed by atoms with Crippen LogP contribution in [0.15, 0.2) is 34.9 Å². The molecule has 0 bridgehead atoms. The fraction of sp³-hybridized carbons (Fsp3) is 0.417. The number of carbonyl (C=O) groups is 2. The molecule has 3 aromatic rings. The number of likely N-dealkylation sites (tertiary alicyclic amines) is 1. The van der Waals surface area contributed by atoms with E-state index >= 15 is 0 Å². The van der Waals surface area contributed by atoms with Crippen molar-refractivity contribution in [1.82, 2.24) is 29.9 Å². The number of fused-ring (bicyclic) bond motifs is 1. The summed E-state index contributed by atoms with van der Waals surface area (Å²) in [7, 11) is 0. The number of rotatable bonds is 9. The van der Waals surface area contributed by atoms with E-state index in [4.69, 9.17) is 4.52 Å². The number of nitrogens with zero attached hydrogens (tertiary/aromatic N) is 6. The third-order valence-electron chi connectivity index (χ3n) is 6.17. The molecule has 0 saturated carbocycles. The highest BCUT2D eigenvalue weighted by Crippen LogP contribution is 2.30. The first-order valence-corrected chi connectivity index (χ1v) is 11.8. The molecule has 0 spiro atoms. The molecule has 182 valence electrons. The van der Waals surface area contributed by atoms with Crippen molar-refractivity contribution >= 4 is 23.6 Å². The van der Waals surface area contributed by atoms with E-state index in [1.54, 1.807) is 4.90 Å². The number of hydrogen-bond acceptors (Lipinski definition) is 9. The summed E-state index contributed by atoms with van der Waals surface area (Å²) in [5, 5.41) is 10.5. The molecular weight excluding hydrogens is 448 g/mol. The Morgan fingerprint density at radius 3 is 2.66 bits per heavy atom. The Labute approximate surface area is 202 Å². The van der Waals surface area contributed by atoms with Crippen molar-refractivity contribution < 1.29 is 14.1 Å². The maximum atomic E-state index is 13.0. The summed E-state index contributed by atoms with van der Waals surface area (Å²) in [6.45, 7) is 6.46. The van der Waals surface area contributed by atoms with Crippen molar-refractivity contribution in [3.8, 4) is 11.4 Å². The van der Waals surface area contributed by atoms with Crippen molar-refractivity contribution in [2.24, 2.45) is 0 Å². The van der Waals surface area contributed by atoms with Crippen LogP contribution in [-0.2, 0) is 17.9 Å². The van der Waals surface area contributed by atoms with E-state index in [0.29, 0.717) is 55.2 Å². The monoisotopic (exact) mass is 476 g/mol. The van der Waals surface area contributed by atoms with Gasteiger partial charge in [0.25, 0.3) is 5.91 Å². The van der Waals surface area contributed by atoms with E-state index in [1.165, 1.54) is 0 Å². The molecule has 2 aliphatic rings. The normalized spacial score (nSPS) is 15.3. The molecule has 11 nitrogen and oxygen atoms in total. The fourth-order valence-electron chi connectivity index (χ4n) is 4.26. The Morgan fingerprint density at radius 2 is 1.91 bits per heavy atom. The minimum atomic E-state index is -0.123. The molecule has 0 unspecified atom stereocenters. The average Bonchev–Trinajstić information content (AvgIpc) is 3.58. The average molecular weight is 477 g/mol. The summed E-state index contributed by atoms with van der Waals surface area (Å²) in [5.74, 6) is 1.85. The van der Waals surface area contributed by atoms with E-state index < -0.39 is 0 Å². The van der Waals surface area contributed by atoms with Crippen molar-refractivity contribution in [1.29, 1.82) is 0 Å². The molecule has 1 aromatic carbocycles. The lowest BCUT2D eigenvalue weighted by Crippen LogP contribution is -2.31. The highest BCUT2D eigenvalue weighted by molar-refractivity contribution is 5.98. The van der Waals surface area contributed by atoms with Crippen LogP contribution in [0.4, 0.5) is 11.8 Å². The van der Waals surface area contributed by atoms with Crippen molar-refractivity contribution in [2.45, 2.75) is 45.8 Å². The highest BCUT2D eigenvalue weighted by Gasteiger charge is 2.34. The van der Waals surface area contributed by atoms with Gasteiger partial charge in [0, 0.05) is 43.2 Å². The zero-order chi connectivity index (χ0) is 24.4. The Morgan fingerprint density at radius 1 is 1.09 bits per heavy atom. The van der Waals surface area contributed by atoms with Gasteiger partial charge in [-0.15, -0.1) is 0 Å². The molecule has 2 amide bonds. The molecule has 4 heterocycles. The summed E-state index contributed by atoms with van der Waals surface area (Å²) in [6.07, 6.45) is 1.49. The summed E-state index contributed by atoms with van der Waals surface area (Å²) in [6, 6.07) is 9.63. The minimum absolute atomic E-state index is 0.0338. The molecule has 1 saturated heterocycles. The minimum Gasteiger partial charge on any atom is -0.361 e. The molecule has 11 heteroatoms. The number of nitrogens with one attached hydrogen (secondary N) is 2. The number of benzene rings is 1. The zero-order valence-electron chi connectivity index (χ0n) is 19.8. The van der Waals surface area contributed by atoms with Gasteiger partial charge < -0.3 is 25.0 Å². The first-order valence-electron chi connectivity index (χ1n) is 11.8. The summed E-state index contributed by atoms with van der Waals surface area (Å²) in [5.41, 5.74) is 1.99. The largest absolute Gasteiger partial charge is 0.361 e. The van der Waals surface area contributed by atoms with Gasteiger partial charge in [-0.05, 0) is 20.3 Å². The summed E-state index contributed by atoms with van der Waals surface area (Å²) >= 11 is 0. The van der Waals surface area contributed by atoms with E-state index in [2.05, 4.69) is 30.7 Å². The second kappa shape index (κ2) is 9.69. The first-order chi connectivity index (χ1) is 17.0. The van der Waals surface area contributed by atoms with Gasteiger partial charge in [0.1, 0.15) is 11.5 Å². The summed E-state index contributed by atoms with van der Waals surface area (Å²) < 4.78 is 5.41. The molecule has 2 aromatic heterocycles. The topological polar surface area (TPSA) is 129 Å². The van der Waals surface area contributed by atoms with Gasteiger partial charge in [0.05, 0.1) is 13.1 Å². The number of carbonyl (C=O) groups excluding carboxylic acids is 2. The van der Waals surface area contributed by atoms with Crippen molar-refractivity contribution in [2.75, 3.05) is 30.3 Å². The van der Waals surface area contributed by atoms with E-state index in [9.17, 15) is 9.59 Å². The van der Waals surface area contributed by atoms with Crippen LogP contribution in [0.5, 0.6) is 0 Å². The molecule has 0 atom stereocenters. The Balaban J connectivity index is 1.33. The van der Waals surface area contributed by atoms with Crippen LogP contribution in [0.1, 0.15) is 48.6 Å². The lowest BCUT2D eigenvalue weighted by atomic mass is 10.2. The number of amides is 2. The third kappa shape index (κ3) is 4.79. The fourth-order valence-corrected chi connectivity index (χ4v) is 4.26. The maximum Gasteiger partial charge on any atom is 0.273 e. The lowest BCUT2D eigenvalue weighted by Gasteiger charge is -2.19. The SMILES string of the molecule is CC(C)N1Cc2c(NCc3nc(-c4ccccc4)no3)nc(NCCN3CCCC3=O)nc2C1=O. The second-order valence-corrected chi connectivity index (χ2v) is 8.89. The Bertz CT molecular complexity index is 1230. The predicted molar refractivity (Wildman–Crippen MR) is 128 cm³/mol. The molecule has 1 fully saturated rings. The van der Waals surface area contributed by atoms with Gasteiger partial charge >= 0.3 is 0 Å². The quantitative estimate of drug-likeness (QED) is 0.478. The molecular formula is C24H28N8O3. The van der Waals surface area contributed by atoms with Crippen LogP contribution in [0.25, 0.3) is 11.4 Å². The van der Waals surface area contributed by atoms with Gasteiger partial charge in [-0.25, -0.2) is 4.98 Å². The number of anilines is 2. The van der Waals surface area contributed by atoms with E-state index in [1.807, 2.05) is 49.1 Å². The van der Waals surface area contributed by atoms with Crippen LogP contribution in [0.3, 0.4) is 0 Å². The van der Waals surface area contributed by atoms with Gasteiger partial charge in [-0.1, -0.05) is 35.5 Å². The van der Waals surface area contributed by atoms with E-state index in [-0.39, 0.29) is 24.4 Å². The number of aromatic nitrogens is 4. The third-order valence-corrected chi connectivity index (χ3v) is 6.17. The zero-order valence-corrected chi connectivity index (χ0v) is 19.8. The maximum absolute atomic E-state index is 13.0. The van der Waals surface area contributed by atoms with Gasteiger partial charge in [-0.3, -0.25) is 9.59 Å². The van der Waals surface area contributed by atoms with Crippen LogP contribution in [0.2, 0.25) is 0 Å². The molecule has 2 aliphatic heterocycles. The smallest absolute Gasteiger partial charge is 0.273 e. The van der Waals surface area contributed by atoms with Gasteiger partial charge in [0.15, 0.2) is 0 Å². The molecule has 2 N–H and O–H groups in total. The van der Waals surface area contributed by atoms with Crippen LogP contribution >= 0.6 is 0 Å². The standard InChI is InChI=1S/C24H28N8O3/c1-15(2)32-14-17-20(23(32)34)28-24(25-10-12-31-11-6-9-19(31)33)29-22(17)26-13-18-27-21(30-35-18)16-7-4-3-5-8-16/h3-5,7-8,15H,6,9-14H2,1-2H3,(H2,25,26,28,29). The van der Waals surface area contributed by atoms with Crippen LogP contribution < -0.4 is 10.6 Å². The first kappa shape index (κ1) is 22.8.